The summed E-state index contributed by atoms with van der Waals surface area (Å²) >= 11 is 0. The number of nitrogens with one attached hydrogen (secondary N) is 2. The lowest BCUT2D eigenvalue weighted by Crippen LogP contribution is -2.23. The first kappa shape index (κ1) is 18.0. The third kappa shape index (κ3) is 3.41. The molecule has 1 aliphatic heterocycles. The van der Waals surface area contributed by atoms with Gasteiger partial charge in [0.25, 0.3) is 5.91 Å². The van der Waals surface area contributed by atoms with Crippen LogP contribution in [0.5, 0.6) is 0 Å². The zero-order valence-electron chi connectivity index (χ0n) is 16.1. The minimum atomic E-state index is -0.653. The first-order valence-electron chi connectivity index (χ1n) is 9.24. The fraction of sp³-hybridized carbons (Fsp3) is 0.227. The predicted octanol–water partition coefficient (Wildman–Crippen LogP) is 4.00. The standard InChI is InChI=1S/C22H22N4O2/c1-13-4-6-16(7-5-13)18-12-23-26-19(22(28)25-21(18)26)11-20(27)24-17-9-14(2)8-15(3)10-17/h4-10,12,19H,11H2,1-3H3,(H,24,27)(H,25,28). The summed E-state index contributed by atoms with van der Waals surface area (Å²) in [5.41, 5.74) is 5.88. The van der Waals surface area contributed by atoms with E-state index in [1.165, 1.54) is 0 Å². The Morgan fingerprint density at radius 2 is 1.75 bits per heavy atom. The monoisotopic (exact) mass is 374 g/mol. The van der Waals surface area contributed by atoms with Gasteiger partial charge in [0, 0.05) is 11.3 Å². The molecule has 0 bridgehead atoms. The minimum absolute atomic E-state index is 0.0286. The average Bonchev–Trinajstić information content (AvgIpc) is 3.15. The van der Waals surface area contributed by atoms with E-state index in [4.69, 9.17) is 0 Å². The summed E-state index contributed by atoms with van der Waals surface area (Å²) < 4.78 is 1.61. The van der Waals surface area contributed by atoms with Gasteiger partial charge in [-0.25, -0.2) is 4.68 Å². The van der Waals surface area contributed by atoms with Gasteiger partial charge < -0.3 is 10.6 Å². The van der Waals surface area contributed by atoms with Crippen molar-refractivity contribution in [3.8, 4) is 11.1 Å². The number of hydrogen-bond acceptors (Lipinski definition) is 3. The van der Waals surface area contributed by atoms with Gasteiger partial charge >= 0.3 is 0 Å². The molecule has 28 heavy (non-hydrogen) atoms. The van der Waals surface area contributed by atoms with Gasteiger partial charge in [-0.05, 0) is 49.6 Å². The van der Waals surface area contributed by atoms with Crippen molar-refractivity contribution in [1.82, 2.24) is 9.78 Å². The predicted molar refractivity (Wildman–Crippen MR) is 109 cm³/mol. The van der Waals surface area contributed by atoms with Gasteiger partial charge in [0.05, 0.1) is 12.6 Å². The molecule has 2 N–H and O–H groups in total. The van der Waals surface area contributed by atoms with Crippen molar-refractivity contribution in [3.63, 3.8) is 0 Å². The molecule has 0 spiro atoms. The van der Waals surface area contributed by atoms with Crippen molar-refractivity contribution < 1.29 is 9.59 Å². The summed E-state index contributed by atoms with van der Waals surface area (Å²) in [6.07, 6.45) is 1.76. The molecule has 1 atom stereocenters. The fourth-order valence-corrected chi connectivity index (χ4v) is 3.59. The summed E-state index contributed by atoms with van der Waals surface area (Å²) in [5.74, 6) is 0.204. The van der Waals surface area contributed by atoms with E-state index in [0.29, 0.717) is 5.82 Å². The van der Waals surface area contributed by atoms with Gasteiger partial charge in [0.2, 0.25) is 5.91 Å². The molecule has 2 aromatic carbocycles. The average molecular weight is 374 g/mol. The third-order valence-corrected chi connectivity index (χ3v) is 4.88. The van der Waals surface area contributed by atoms with E-state index < -0.39 is 6.04 Å². The van der Waals surface area contributed by atoms with E-state index in [1.807, 2.05) is 63.2 Å². The highest BCUT2D eigenvalue weighted by Crippen LogP contribution is 2.35. The highest BCUT2D eigenvalue weighted by atomic mass is 16.2. The smallest absolute Gasteiger partial charge is 0.251 e. The van der Waals surface area contributed by atoms with Gasteiger partial charge in [0.1, 0.15) is 11.9 Å². The molecule has 3 aromatic rings. The van der Waals surface area contributed by atoms with Crippen LogP contribution in [0.4, 0.5) is 11.5 Å². The molecular weight excluding hydrogens is 352 g/mol. The van der Waals surface area contributed by atoms with Gasteiger partial charge in [-0.2, -0.15) is 5.10 Å². The van der Waals surface area contributed by atoms with E-state index in [0.717, 1.165) is 33.5 Å². The first-order chi connectivity index (χ1) is 13.4. The molecular formula is C22H22N4O2. The molecule has 4 rings (SSSR count). The van der Waals surface area contributed by atoms with Gasteiger partial charge in [-0.3, -0.25) is 9.59 Å². The Morgan fingerprint density at radius 3 is 2.43 bits per heavy atom. The number of fused-ring (bicyclic) bond motifs is 1. The number of rotatable bonds is 4. The summed E-state index contributed by atoms with van der Waals surface area (Å²) in [6.45, 7) is 5.99. The van der Waals surface area contributed by atoms with Crippen LogP contribution in [0.1, 0.15) is 29.2 Å². The number of anilines is 2. The number of amides is 2. The molecule has 1 aromatic heterocycles. The minimum Gasteiger partial charge on any atom is -0.326 e. The Hall–Kier alpha value is -3.41. The highest BCUT2D eigenvalue weighted by molar-refractivity contribution is 6.04. The third-order valence-electron chi connectivity index (χ3n) is 4.88. The van der Waals surface area contributed by atoms with Crippen LogP contribution >= 0.6 is 0 Å². The Kier molecular flexibility index (Phi) is 4.47. The lowest BCUT2D eigenvalue weighted by molar-refractivity contribution is -0.123. The number of aromatic nitrogens is 2. The Bertz CT molecular complexity index is 1050. The van der Waals surface area contributed by atoms with Crippen LogP contribution in [0.3, 0.4) is 0 Å². The molecule has 2 heterocycles. The van der Waals surface area contributed by atoms with E-state index in [2.05, 4.69) is 15.7 Å². The number of carbonyl (C=O) groups is 2. The molecule has 0 fully saturated rings. The van der Waals surface area contributed by atoms with E-state index in [-0.39, 0.29) is 18.2 Å². The molecule has 0 saturated heterocycles. The molecule has 0 saturated carbocycles. The first-order valence-corrected chi connectivity index (χ1v) is 9.24. The van der Waals surface area contributed by atoms with Crippen molar-refractivity contribution >= 4 is 23.3 Å². The summed E-state index contributed by atoms with van der Waals surface area (Å²) in [5, 5.41) is 10.1. The Balaban J connectivity index is 1.53. The molecule has 6 nitrogen and oxygen atoms in total. The lowest BCUT2D eigenvalue weighted by Gasteiger charge is -2.11. The maximum absolute atomic E-state index is 12.5. The second kappa shape index (κ2) is 6.96. The van der Waals surface area contributed by atoms with Crippen LogP contribution in [0.15, 0.2) is 48.7 Å². The zero-order chi connectivity index (χ0) is 19.8. The maximum atomic E-state index is 12.5. The number of hydrogen-bond donors (Lipinski definition) is 2. The van der Waals surface area contributed by atoms with E-state index >= 15 is 0 Å². The van der Waals surface area contributed by atoms with Gasteiger partial charge in [0.15, 0.2) is 0 Å². The maximum Gasteiger partial charge on any atom is 0.251 e. The van der Waals surface area contributed by atoms with Gasteiger partial charge in [-0.15, -0.1) is 0 Å². The highest BCUT2D eigenvalue weighted by Gasteiger charge is 2.35. The summed E-state index contributed by atoms with van der Waals surface area (Å²) in [6, 6.07) is 13.3. The van der Waals surface area contributed by atoms with Crippen LogP contribution in [-0.4, -0.2) is 21.6 Å². The van der Waals surface area contributed by atoms with Gasteiger partial charge in [-0.1, -0.05) is 35.9 Å². The Morgan fingerprint density at radius 1 is 1.07 bits per heavy atom. The van der Waals surface area contributed by atoms with Crippen molar-refractivity contribution in [2.24, 2.45) is 0 Å². The quantitative estimate of drug-likeness (QED) is 0.725. The van der Waals surface area contributed by atoms with Crippen LogP contribution in [0, 0.1) is 20.8 Å². The Labute approximate surface area is 163 Å². The van der Waals surface area contributed by atoms with Crippen LogP contribution < -0.4 is 10.6 Å². The van der Waals surface area contributed by atoms with Crippen molar-refractivity contribution in [1.29, 1.82) is 0 Å². The topological polar surface area (TPSA) is 76.0 Å². The normalized spacial score (nSPS) is 15.2. The second-order valence-corrected chi connectivity index (χ2v) is 7.35. The van der Waals surface area contributed by atoms with Crippen LogP contribution in [-0.2, 0) is 9.59 Å². The molecule has 0 aliphatic carbocycles. The summed E-state index contributed by atoms with van der Waals surface area (Å²) in [7, 11) is 0. The van der Waals surface area contributed by atoms with Crippen molar-refractivity contribution in [2.75, 3.05) is 10.6 Å². The number of nitrogens with zero attached hydrogens (tertiary/aromatic N) is 2. The lowest BCUT2D eigenvalue weighted by atomic mass is 10.1. The summed E-state index contributed by atoms with van der Waals surface area (Å²) in [4.78, 5) is 25.0. The largest absolute Gasteiger partial charge is 0.326 e. The molecule has 1 aliphatic rings. The molecule has 142 valence electrons. The number of aryl methyl sites for hydroxylation is 3. The van der Waals surface area contributed by atoms with E-state index in [1.54, 1.807) is 10.9 Å². The molecule has 0 radical (unpaired) electrons. The number of carbonyl (C=O) groups excluding carboxylic acids is 2. The number of benzene rings is 2. The van der Waals surface area contributed by atoms with Crippen LogP contribution in [0.2, 0.25) is 0 Å². The van der Waals surface area contributed by atoms with Crippen molar-refractivity contribution in [3.05, 3.63) is 65.4 Å². The van der Waals surface area contributed by atoms with Crippen molar-refractivity contribution in [2.45, 2.75) is 33.2 Å². The zero-order valence-corrected chi connectivity index (χ0v) is 16.1. The molecule has 6 heteroatoms. The SMILES string of the molecule is Cc1ccc(-c2cnn3c2NC(=O)C3CC(=O)Nc2cc(C)cc(C)c2)cc1. The molecule has 2 amide bonds. The second-order valence-electron chi connectivity index (χ2n) is 7.35. The fourth-order valence-electron chi connectivity index (χ4n) is 3.59. The van der Waals surface area contributed by atoms with Crippen LogP contribution in [0.25, 0.3) is 11.1 Å². The van der Waals surface area contributed by atoms with E-state index in [9.17, 15) is 9.59 Å². The molecule has 1 unspecified atom stereocenters.